The zero-order chi connectivity index (χ0) is 13.5. The van der Waals surface area contributed by atoms with E-state index in [4.69, 9.17) is 10.3 Å². The summed E-state index contributed by atoms with van der Waals surface area (Å²) in [6.07, 6.45) is 3.86. The summed E-state index contributed by atoms with van der Waals surface area (Å²) in [5.74, 6) is 0.454. The Bertz CT molecular complexity index is 613. The minimum Gasteiger partial charge on any atom is -0.334 e. The van der Waals surface area contributed by atoms with Gasteiger partial charge in [-0.25, -0.2) is 4.39 Å². The van der Waals surface area contributed by atoms with Gasteiger partial charge in [0.05, 0.1) is 11.1 Å². The molecule has 7 heteroatoms. The van der Waals surface area contributed by atoms with Crippen LogP contribution in [0.25, 0.3) is 11.5 Å². The molecule has 3 rings (SSSR count). The fourth-order valence-corrected chi connectivity index (χ4v) is 2.84. The number of rotatable bonds is 2. The summed E-state index contributed by atoms with van der Waals surface area (Å²) in [5, 5.41) is 3.96. The van der Waals surface area contributed by atoms with Crippen LogP contribution >= 0.6 is 28.3 Å². The van der Waals surface area contributed by atoms with Gasteiger partial charge in [-0.2, -0.15) is 4.98 Å². The van der Waals surface area contributed by atoms with Gasteiger partial charge >= 0.3 is 0 Å². The van der Waals surface area contributed by atoms with Gasteiger partial charge in [-0.3, -0.25) is 0 Å². The van der Waals surface area contributed by atoms with Gasteiger partial charge in [0.25, 0.3) is 5.89 Å². The summed E-state index contributed by atoms with van der Waals surface area (Å²) < 4.78 is 19.2. The van der Waals surface area contributed by atoms with Crippen LogP contribution < -0.4 is 5.73 Å². The molecule has 20 heavy (non-hydrogen) atoms. The maximum absolute atomic E-state index is 13.3. The molecule has 1 aromatic heterocycles. The first-order valence-electron chi connectivity index (χ1n) is 6.17. The van der Waals surface area contributed by atoms with Crippen molar-refractivity contribution in [3.05, 3.63) is 34.3 Å². The molecule has 1 aromatic carbocycles. The Labute approximate surface area is 130 Å². The van der Waals surface area contributed by atoms with E-state index >= 15 is 0 Å². The molecule has 1 heterocycles. The molecule has 0 spiro atoms. The van der Waals surface area contributed by atoms with Crippen molar-refractivity contribution in [3.63, 3.8) is 0 Å². The third-order valence-corrected chi connectivity index (χ3v) is 4.22. The highest BCUT2D eigenvalue weighted by atomic mass is 79.9. The van der Waals surface area contributed by atoms with Crippen LogP contribution in [0.4, 0.5) is 4.39 Å². The fourth-order valence-electron chi connectivity index (χ4n) is 2.43. The Morgan fingerprint density at radius 2 is 2.00 bits per heavy atom. The SMILES string of the molecule is Cl.NC1(c2noc(-c3cc(F)ccc3Br)n2)CCCC1. The van der Waals surface area contributed by atoms with Gasteiger partial charge < -0.3 is 10.3 Å². The number of aromatic nitrogens is 2. The lowest BCUT2D eigenvalue weighted by molar-refractivity contribution is 0.372. The molecule has 2 N–H and O–H groups in total. The topological polar surface area (TPSA) is 64.9 Å². The molecule has 0 unspecified atom stereocenters. The number of hydrogen-bond acceptors (Lipinski definition) is 4. The van der Waals surface area contributed by atoms with Gasteiger partial charge in [0.2, 0.25) is 0 Å². The molecule has 1 saturated carbocycles. The highest BCUT2D eigenvalue weighted by Crippen LogP contribution is 2.36. The lowest BCUT2D eigenvalue weighted by atomic mass is 9.99. The normalized spacial score (nSPS) is 16.9. The van der Waals surface area contributed by atoms with Crippen molar-refractivity contribution >= 4 is 28.3 Å². The average molecular weight is 363 g/mol. The smallest absolute Gasteiger partial charge is 0.259 e. The van der Waals surface area contributed by atoms with E-state index in [-0.39, 0.29) is 24.1 Å². The van der Waals surface area contributed by atoms with Gasteiger partial charge in [-0.1, -0.05) is 18.0 Å². The Kier molecular flexibility index (Phi) is 4.46. The summed E-state index contributed by atoms with van der Waals surface area (Å²) in [4.78, 5) is 4.34. The van der Waals surface area contributed by atoms with Crippen LogP contribution in [-0.2, 0) is 5.54 Å². The molecule has 1 aliphatic rings. The molecule has 0 amide bonds. The van der Waals surface area contributed by atoms with Crippen LogP contribution in [0.3, 0.4) is 0 Å². The Morgan fingerprint density at radius 3 is 2.70 bits per heavy atom. The van der Waals surface area contributed by atoms with E-state index < -0.39 is 5.54 Å². The van der Waals surface area contributed by atoms with Crippen molar-refractivity contribution in [1.82, 2.24) is 10.1 Å². The zero-order valence-corrected chi connectivity index (χ0v) is 13.0. The summed E-state index contributed by atoms with van der Waals surface area (Å²) in [5.41, 5.74) is 6.31. The predicted octanol–water partition coefficient (Wildman–Crippen LogP) is 3.79. The molecular formula is C13H14BrClFN3O. The van der Waals surface area contributed by atoms with Crippen molar-refractivity contribution in [3.8, 4) is 11.5 Å². The highest BCUT2D eigenvalue weighted by molar-refractivity contribution is 9.10. The standard InChI is InChI=1S/C13H13BrFN3O.ClH/c14-10-4-3-8(15)7-9(10)11-17-12(18-19-11)13(16)5-1-2-6-13;/h3-4,7H,1-2,5-6,16H2;1H. The summed E-state index contributed by atoms with van der Waals surface area (Å²) in [7, 11) is 0. The predicted molar refractivity (Wildman–Crippen MR) is 79.0 cm³/mol. The van der Waals surface area contributed by atoms with E-state index in [1.807, 2.05) is 0 Å². The lowest BCUT2D eigenvalue weighted by Crippen LogP contribution is -2.34. The first-order valence-corrected chi connectivity index (χ1v) is 6.96. The fraction of sp³-hybridized carbons (Fsp3) is 0.385. The second-order valence-electron chi connectivity index (χ2n) is 4.91. The summed E-state index contributed by atoms with van der Waals surface area (Å²) >= 11 is 3.35. The maximum atomic E-state index is 13.3. The second-order valence-corrected chi connectivity index (χ2v) is 5.76. The van der Waals surface area contributed by atoms with E-state index in [2.05, 4.69) is 26.1 Å². The molecule has 0 atom stereocenters. The second kappa shape index (κ2) is 5.79. The van der Waals surface area contributed by atoms with Crippen molar-refractivity contribution in [2.75, 3.05) is 0 Å². The summed E-state index contributed by atoms with van der Waals surface area (Å²) in [6, 6.07) is 4.34. The molecule has 0 radical (unpaired) electrons. The number of halogens is 3. The molecule has 0 bridgehead atoms. The first-order chi connectivity index (χ1) is 9.08. The van der Waals surface area contributed by atoms with Crippen LogP contribution in [0.2, 0.25) is 0 Å². The molecule has 1 fully saturated rings. The van der Waals surface area contributed by atoms with E-state index in [1.165, 1.54) is 12.1 Å². The molecule has 4 nitrogen and oxygen atoms in total. The van der Waals surface area contributed by atoms with Crippen LogP contribution in [0, 0.1) is 5.82 Å². The lowest BCUT2D eigenvalue weighted by Gasteiger charge is -2.17. The van der Waals surface area contributed by atoms with Crippen LogP contribution in [0.5, 0.6) is 0 Å². The number of nitrogens with zero attached hydrogens (tertiary/aromatic N) is 2. The number of benzene rings is 1. The molecule has 0 saturated heterocycles. The minimum atomic E-state index is -0.498. The number of nitrogens with two attached hydrogens (primary N) is 1. The Balaban J connectivity index is 0.00000147. The largest absolute Gasteiger partial charge is 0.334 e. The van der Waals surface area contributed by atoms with Crippen LogP contribution in [0.1, 0.15) is 31.5 Å². The third kappa shape index (κ3) is 2.73. The van der Waals surface area contributed by atoms with Crippen LogP contribution in [-0.4, -0.2) is 10.1 Å². The molecule has 2 aromatic rings. The van der Waals surface area contributed by atoms with Crippen LogP contribution in [0.15, 0.2) is 27.2 Å². The van der Waals surface area contributed by atoms with Gasteiger partial charge in [0.15, 0.2) is 5.82 Å². The van der Waals surface area contributed by atoms with Crippen molar-refractivity contribution < 1.29 is 8.91 Å². The van der Waals surface area contributed by atoms with Crippen molar-refractivity contribution in [2.45, 2.75) is 31.2 Å². The van der Waals surface area contributed by atoms with Gasteiger partial charge in [-0.15, -0.1) is 12.4 Å². The molecule has 108 valence electrons. The van der Waals surface area contributed by atoms with Crippen molar-refractivity contribution in [1.29, 1.82) is 0 Å². The van der Waals surface area contributed by atoms with E-state index in [9.17, 15) is 4.39 Å². The maximum Gasteiger partial charge on any atom is 0.259 e. The minimum absolute atomic E-state index is 0. The molecule has 0 aliphatic heterocycles. The van der Waals surface area contributed by atoms with E-state index in [1.54, 1.807) is 6.07 Å². The van der Waals surface area contributed by atoms with Gasteiger partial charge in [0, 0.05) is 4.47 Å². The average Bonchev–Trinajstić information content (AvgIpc) is 3.02. The van der Waals surface area contributed by atoms with Gasteiger partial charge in [0.1, 0.15) is 5.82 Å². The molecule has 1 aliphatic carbocycles. The van der Waals surface area contributed by atoms with Gasteiger partial charge in [-0.05, 0) is 47.0 Å². The van der Waals surface area contributed by atoms with E-state index in [0.29, 0.717) is 15.9 Å². The summed E-state index contributed by atoms with van der Waals surface area (Å²) in [6.45, 7) is 0. The quantitative estimate of drug-likeness (QED) is 0.883. The third-order valence-electron chi connectivity index (χ3n) is 3.53. The molecular weight excluding hydrogens is 349 g/mol. The van der Waals surface area contributed by atoms with Crippen molar-refractivity contribution in [2.24, 2.45) is 5.73 Å². The first kappa shape index (κ1) is 15.4. The monoisotopic (exact) mass is 361 g/mol. The Hall–Kier alpha value is -0.980. The van der Waals surface area contributed by atoms with E-state index in [0.717, 1.165) is 25.7 Å². The Morgan fingerprint density at radius 1 is 1.30 bits per heavy atom. The number of hydrogen-bond donors (Lipinski definition) is 1. The highest BCUT2D eigenvalue weighted by Gasteiger charge is 2.36. The zero-order valence-electron chi connectivity index (χ0n) is 10.6.